The molecule has 0 bridgehead atoms. The maximum Gasteiger partial charge on any atom is 0.336 e. The van der Waals surface area contributed by atoms with Gasteiger partial charge in [0, 0.05) is 70.0 Å². The Morgan fingerprint density at radius 1 is 0.544 bits per heavy atom. The number of fused-ring (bicyclic) bond motifs is 4. The number of carbonyl (C=O) groups is 4. The van der Waals surface area contributed by atoms with Crippen LogP contribution in [-0.2, 0) is 9.59 Å². The van der Waals surface area contributed by atoms with E-state index < -0.39 is 11.9 Å². The predicted molar refractivity (Wildman–Crippen MR) is 277 cm³/mol. The standard InChI is InChI=1S/C54H70N6O6S2/c1-11-57(12-2)33-37(9)59-41-19-15-17-21-43(41)67-45-25-23-39(53(63)55-31-29-35(5)6)51(49(45)59)65-47(61)27-28-48(62)66-52-40(54(64)56-32-30-36(7)8)24-26-46-50(52)60(38(10)34-58(13-3)14-4)42-20-16-18-22-44(42)68-46/h15-28,35-38H,11-14,29-34H2,1-10H3,(H,55,63)(H,56,64)/b28-27+/t37-,38-/m0/s1. The molecule has 68 heavy (non-hydrogen) atoms. The van der Waals surface area contributed by atoms with Crippen LogP contribution in [0.2, 0.25) is 0 Å². The van der Waals surface area contributed by atoms with Crippen molar-refractivity contribution in [2.75, 3.05) is 62.2 Å². The fourth-order valence-electron chi connectivity index (χ4n) is 8.59. The molecule has 364 valence electrons. The van der Waals surface area contributed by atoms with Gasteiger partial charge in [0.15, 0.2) is 11.5 Å². The van der Waals surface area contributed by atoms with Gasteiger partial charge in [0.05, 0.1) is 33.9 Å². The Labute approximate surface area is 412 Å². The summed E-state index contributed by atoms with van der Waals surface area (Å²) in [4.78, 5) is 69.2. The number of anilines is 4. The zero-order chi connectivity index (χ0) is 49.1. The number of amides is 2. The molecule has 14 heteroatoms. The van der Waals surface area contributed by atoms with E-state index in [4.69, 9.17) is 9.47 Å². The van der Waals surface area contributed by atoms with Gasteiger partial charge in [-0.2, -0.15) is 0 Å². The molecule has 0 saturated heterocycles. The number of esters is 2. The van der Waals surface area contributed by atoms with Crippen molar-refractivity contribution in [3.63, 3.8) is 0 Å². The minimum atomic E-state index is -0.868. The van der Waals surface area contributed by atoms with E-state index in [9.17, 15) is 19.2 Å². The molecular formula is C54H70N6O6S2. The SMILES string of the molecule is CCN(CC)C[C@H](C)N1c2ccccc2Sc2ccc(C(=O)NCCC(C)C)c(OC(=O)/C=C/C(=O)Oc3c(C(=O)NCCC(C)C)ccc4c3N([C@@H](C)CN(CC)CC)c3ccccc3S4)c21. The third-order valence-electron chi connectivity index (χ3n) is 12.3. The number of nitrogens with zero attached hydrogens (tertiary/aromatic N) is 4. The Morgan fingerprint density at radius 2 is 0.912 bits per heavy atom. The third kappa shape index (κ3) is 12.5. The summed E-state index contributed by atoms with van der Waals surface area (Å²) in [5.74, 6) is -1.52. The van der Waals surface area contributed by atoms with Crippen molar-refractivity contribution in [3.05, 3.63) is 96.1 Å². The molecule has 2 amide bonds. The van der Waals surface area contributed by atoms with E-state index >= 15 is 0 Å². The zero-order valence-electron chi connectivity index (χ0n) is 41.5. The molecule has 2 aliphatic heterocycles. The Morgan fingerprint density at radius 3 is 1.26 bits per heavy atom. The Kier molecular flexibility index (Phi) is 18.6. The zero-order valence-corrected chi connectivity index (χ0v) is 43.2. The number of hydrogen-bond acceptors (Lipinski definition) is 12. The number of nitrogens with one attached hydrogen (secondary N) is 2. The van der Waals surface area contributed by atoms with E-state index in [0.717, 1.165) is 82.1 Å². The highest BCUT2D eigenvalue weighted by Crippen LogP contribution is 2.55. The molecule has 4 aromatic carbocycles. The molecule has 0 aliphatic carbocycles. The van der Waals surface area contributed by atoms with Crippen LogP contribution in [0.3, 0.4) is 0 Å². The average Bonchev–Trinajstić information content (AvgIpc) is 3.32. The van der Waals surface area contributed by atoms with Gasteiger partial charge in [-0.1, -0.05) is 103 Å². The van der Waals surface area contributed by atoms with Gasteiger partial charge in [-0.3, -0.25) is 9.59 Å². The Bertz CT molecular complexity index is 2280. The highest BCUT2D eigenvalue weighted by Gasteiger charge is 2.36. The summed E-state index contributed by atoms with van der Waals surface area (Å²) in [5, 5.41) is 6.07. The molecule has 0 fully saturated rings. The average molecular weight is 963 g/mol. The summed E-state index contributed by atoms with van der Waals surface area (Å²) in [6.07, 6.45) is 3.60. The van der Waals surface area contributed by atoms with Gasteiger partial charge >= 0.3 is 11.9 Å². The second-order valence-electron chi connectivity index (χ2n) is 18.2. The highest BCUT2D eigenvalue weighted by molar-refractivity contribution is 8.00. The second kappa shape index (κ2) is 24.3. The molecule has 0 spiro atoms. The van der Waals surface area contributed by atoms with Gasteiger partial charge in [-0.15, -0.1) is 0 Å². The third-order valence-corrected chi connectivity index (χ3v) is 14.6. The van der Waals surface area contributed by atoms with Crippen molar-refractivity contribution in [1.82, 2.24) is 20.4 Å². The summed E-state index contributed by atoms with van der Waals surface area (Å²) in [5.41, 5.74) is 3.50. The van der Waals surface area contributed by atoms with Crippen LogP contribution < -0.4 is 29.9 Å². The molecular weight excluding hydrogens is 893 g/mol. The summed E-state index contributed by atoms with van der Waals surface area (Å²) in [6, 6.07) is 23.2. The largest absolute Gasteiger partial charge is 0.420 e. The smallest absolute Gasteiger partial charge is 0.336 e. The summed E-state index contributed by atoms with van der Waals surface area (Å²) < 4.78 is 12.5. The van der Waals surface area contributed by atoms with Crippen molar-refractivity contribution in [2.24, 2.45) is 11.8 Å². The molecule has 0 aromatic heterocycles. The highest BCUT2D eigenvalue weighted by atomic mass is 32.2. The number of likely N-dealkylation sites (N-methyl/N-ethyl adjacent to an activating group) is 2. The van der Waals surface area contributed by atoms with Crippen LogP contribution in [0.1, 0.15) is 103 Å². The van der Waals surface area contributed by atoms with E-state index in [0.29, 0.717) is 49.4 Å². The maximum absolute atomic E-state index is 14.2. The number of benzene rings is 4. The van der Waals surface area contributed by atoms with Crippen LogP contribution >= 0.6 is 23.5 Å². The topological polar surface area (TPSA) is 124 Å². The van der Waals surface area contributed by atoms with Crippen molar-refractivity contribution in [3.8, 4) is 11.5 Å². The monoisotopic (exact) mass is 962 g/mol. The van der Waals surface area contributed by atoms with Crippen molar-refractivity contribution in [1.29, 1.82) is 0 Å². The minimum Gasteiger partial charge on any atom is -0.420 e. The van der Waals surface area contributed by atoms with Crippen molar-refractivity contribution < 1.29 is 28.7 Å². The molecule has 2 N–H and O–H groups in total. The van der Waals surface area contributed by atoms with E-state index in [1.807, 2.05) is 48.5 Å². The molecule has 0 unspecified atom stereocenters. The van der Waals surface area contributed by atoms with Gasteiger partial charge in [0.25, 0.3) is 11.8 Å². The van der Waals surface area contributed by atoms with Crippen LogP contribution in [0.25, 0.3) is 0 Å². The summed E-state index contributed by atoms with van der Waals surface area (Å²) in [6.45, 7) is 26.9. The van der Waals surface area contributed by atoms with Crippen molar-refractivity contribution in [2.45, 2.75) is 114 Å². The number of rotatable bonds is 22. The molecule has 4 aromatic rings. The fourth-order valence-corrected chi connectivity index (χ4v) is 10.7. The number of hydrogen-bond donors (Lipinski definition) is 2. The van der Waals surface area contributed by atoms with Crippen LogP contribution in [-0.4, -0.2) is 98.0 Å². The van der Waals surface area contributed by atoms with E-state index in [-0.39, 0.29) is 46.5 Å². The Balaban J connectivity index is 1.39. The lowest BCUT2D eigenvalue weighted by Gasteiger charge is -2.40. The van der Waals surface area contributed by atoms with E-state index in [1.165, 1.54) is 0 Å². The number of ether oxygens (including phenoxy) is 2. The van der Waals surface area contributed by atoms with Crippen LogP contribution in [0, 0.1) is 11.8 Å². The molecule has 2 aliphatic rings. The predicted octanol–water partition coefficient (Wildman–Crippen LogP) is 11.0. The normalized spacial score (nSPS) is 13.9. The van der Waals surface area contributed by atoms with E-state index in [1.54, 1.807) is 35.7 Å². The quantitative estimate of drug-likeness (QED) is 0.0443. The van der Waals surface area contributed by atoms with Gasteiger partial charge in [-0.05, 0) is 113 Å². The number of para-hydroxylation sites is 2. The molecule has 0 radical (unpaired) electrons. The van der Waals surface area contributed by atoms with Crippen LogP contribution in [0.5, 0.6) is 11.5 Å². The van der Waals surface area contributed by atoms with Crippen LogP contribution in [0.4, 0.5) is 22.7 Å². The molecule has 2 heterocycles. The lowest BCUT2D eigenvalue weighted by atomic mass is 10.1. The molecule has 2 atom stereocenters. The lowest BCUT2D eigenvalue weighted by Crippen LogP contribution is -2.41. The molecule has 6 rings (SSSR count). The maximum atomic E-state index is 14.2. The van der Waals surface area contributed by atoms with Gasteiger partial charge < -0.3 is 39.7 Å². The first-order valence-corrected chi connectivity index (χ1v) is 25.9. The molecule has 12 nitrogen and oxygen atoms in total. The van der Waals surface area contributed by atoms with Crippen molar-refractivity contribution >= 4 is 70.0 Å². The number of carbonyl (C=O) groups excluding carboxylic acids is 4. The summed E-state index contributed by atoms with van der Waals surface area (Å²) in [7, 11) is 0. The minimum absolute atomic E-state index is 0.0917. The fraction of sp³-hybridized carbons (Fsp3) is 0.444. The first-order chi connectivity index (χ1) is 32.7. The summed E-state index contributed by atoms with van der Waals surface area (Å²) >= 11 is 3.10. The van der Waals surface area contributed by atoms with Gasteiger partial charge in [0.2, 0.25) is 0 Å². The second-order valence-corrected chi connectivity index (χ2v) is 20.3. The van der Waals surface area contributed by atoms with Gasteiger partial charge in [0.1, 0.15) is 0 Å². The lowest BCUT2D eigenvalue weighted by molar-refractivity contribution is -0.131. The first kappa shape index (κ1) is 52.1. The Hall–Kier alpha value is -5.28. The van der Waals surface area contributed by atoms with Crippen LogP contribution in [0.15, 0.2) is 105 Å². The molecule has 0 saturated carbocycles. The van der Waals surface area contributed by atoms with Gasteiger partial charge in [-0.25, -0.2) is 9.59 Å². The van der Waals surface area contributed by atoms with E-state index in [2.05, 4.69) is 112 Å². The first-order valence-electron chi connectivity index (χ1n) is 24.3.